The second-order valence-electron chi connectivity index (χ2n) is 8.21. The van der Waals surface area contributed by atoms with Crippen molar-refractivity contribution in [2.75, 3.05) is 25.5 Å². The van der Waals surface area contributed by atoms with Gasteiger partial charge in [-0.2, -0.15) is 0 Å². The van der Waals surface area contributed by atoms with Gasteiger partial charge in [-0.25, -0.2) is 9.97 Å². The van der Waals surface area contributed by atoms with E-state index in [9.17, 15) is 0 Å². The summed E-state index contributed by atoms with van der Waals surface area (Å²) in [6, 6.07) is 10.6. The van der Waals surface area contributed by atoms with Crippen LogP contribution in [0.2, 0.25) is 5.02 Å². The normalized spacial score (nSPS) is 17.3. The second-order valence-corrected chi connectivity index (χ2v) is 8.62. The van der Waals surface area contributed by atoms with Gasteiger partial charge in [-0.15, -0.1) is 0 Å². The summed E-state index contributed by atoms with van der Waals surface area (Å²) >= 11 is 6.27. The van der Waals surface area contributed by atoms with Crippen LogP contribution in [0.25, 0.3) is 10.9 Å². The third kappa shape index (κ3) is 4.68. The topological polar surface area (TPSA) is 50.3 Å². The van der Waals surface area contributed by atoms with E-state index in [4.69, 9.17) is 16.3 Å². The first-order valence-corrected chi connectivity index (χ1v) is 11.0. The maximum atomic E-state index is 6.27. The summed E-state index contributed by atoms with van der Waals surface area (Å²) in [6.07, 6.45) is 6.53. The highest BCUT2D eigenvalue weighted by Gasteiger charge is 2.18. The fraction of sp³-hybridized carbons (Fsp3) is 0.417. The highest BCUT2D eigenvalue weighted by Crippen LogP contribution is 2.30. The molecule has 1 N–H and O–H groups in total. The van der Waals surface area contributed by atoms with E-state index in [0.29, 0.717) is 6.04 Å². The number of nitrogens with one attached hydrogen (secondary N) is 1. The first kappa shape index (κ1) is 20.9. The van der Waals surface area contributed by atoms with Crippen LogP contribution in [0.5, 0.6) is 5.75 Å². The van der Waals surface area contributed by atoms with Gasteiger partial charge in [0.15, 0.2) is 0 Å². The molecule has 2 heterocycles. The average molecular weight is 425 g/mol. The molecule has 5 nitrogen and oxygen atoms in total. The monoisotopic (exact) mass is 424 g/mol. The number of likely N-dealkylation sites (tertiary alicyclic amines) is 1. The first-order chi connectivity index (χ1) is 14.5. The molecule has 1 fully saturated rings. The Kier molecular flexibility index (Phi) is 6.40. The summed E-state index contributed by atoms with van der Waals surface area (Å²) in [6.45, 7) is 5.97. The smallest absolute Gasteiger partial charge is 0.141 e. The number of fused-ring (bicyclic) bond motifs is 1. The highest BCUT2D eigenvalue weighted by molar-refractivity contribution is 6.31. The van der Waals surface area contributed by atoms with Crippen molar-refractivity contribution < 1.29 is 4.74 Å². The van der Waals surface area contributed by atoms with Crippen molar-refractivity contribution in [3.63, 3.8) is 0 Å². The van der Waals surface area contributed by atoms with Crippen LogP contribution in [0, 0.1) is 13.8 Å². The van der Waals surface area contributed by atoms with E-state index in [1.165, 1.54) is 25.8 Å². The fourth-order valence-corrected chi connectivity index (χ4v) is 4.25. The Morgan fingerprint density at radius 2 is 2.00 bits per heavy atom. The third-order valence-corrected chi connectivity index (χ3v) is 6.40. The summed E-state index contributed by atoms with van der Waals surface area (Å²) in [7, 11) is 2.22. The lowest BCUT2D eigenvalue weighted by Crippen LogP contribution is -2.37. The average Bonchev–Trinajstić information content (AvgIpc) is 2.73. The molecule has 1 aliphatic heterocycles. The number of piperidine rings is 1. The molecule has 1 aliphatic rings. The van der Waals surface area contributed by atoms with Crippen LogP contribution in [0.15, 0.2) is 36.7 Å². The minimum absolute atomic E-state index is 0.624. The molecule has 1 aromatic heterocycles. The lowest BCUT2D eigenvalue weighted by atomic mass is 10.0. The predicted octanol–water partition coefficient (Wildman–Crippen LogP) is 5.90. The Balaban J connectivity index is 1.50. The van der Waals surface area contributed by atoms with Crippen molar-refractivity contribution in [2.24, 2.45) is 0 Å². The lowest BCUT2D eigenvalue weighted by molar-refractivity contribution is 0.153. The zero-order chi connectivity index (χ0) is 21.1. The predicted molar refractivity (Wildman–Crippen MR) is 124 cm³/mol. The van der Waals surface area contributed by atoms with E-state index < -0.39 is 0 Å². The number of anilines is 2. The van der Waals surface area contributed by atoms with Gasteiger partial charge in [-0.1, -0.05) is 24.1 Å². The van der Waals surface area contributed by atoms with Gasteiger partial charge in [0.1, 0.15) is 17.9 Å². The molecule has 3 aromatic rings. The maximum absolute atomic E-state index is 6.27. The van der Waals surface area contributed by atoms with E-state index in [1.807, 2.05) is 31.2 Å². The summed E-state index contributed by atoms with van der Waals surface area (Å²) in [5.74, 6) is 1.65. The number of rotatable bonds is 6. The van der Waals surface area contributed by atoms with Crippen molar-refractivity contribution in [1.82, 2.24) is 14.9 Å². The van der Waals surface area contributed by atoms with Crippen LogP contribution in [0.3, 0.4) is 0 Å². The van der Waals surface area contributed by atoms with Crippen LogP contribution >= 0.6 is 11.6 Å². The summed E-state index contributed by atoms with van der Waals surface area (Å²) in [5, 5.41) is 5.07. The van der Waals surface area contributed by atoms with Crippen molar-refractivity contribution >= 4 is 34.0 Å². The van der Waals surface area contributed by atoms with Crippen LogP contribution in [-0.2, 0) is 0 Å². The molecule has 0 bridgehead atoms. The van der Waals surface area contributed by atoms with E-state index >= 15 is 0 Å². The number of halogens is 1. The molecule has 0 radical (unpaired) electrons. The molecule has 1 saturated heterocycles. The molecule has 0 spiro atoms. The molecular weight excluding hydrogens is 396 g/mol. The molecular formula is C24H29ClN4O. The molecule has 6 heteroatoms. The second kappa shape index (κ2) is 9.19. The Bertz CT molecular complexity index is 1040. The van der Waals surface area contributed by atoms with Gasteiger partial charge in [-0.3, -0.25) is 0 Å². The summed E-state index contributed by atoms with van der Waals surface area (Å²) < 4.78 is 6.16. The van der Waals surface area contributed by atoms with Crippen LogP contribution in [0.1, 0.15) is 36.8 Å². The van der Waals surface area contributed by atoms with Gasteiger partial charge in [0.25, 0.3) is 0 Å². The van der Waals surface area contributed by atoms with E-state index in [1.54, 1.807) is 6.33 Å². The SMILES string of the molecule is Cc1ccc(Nc2ncnc3cc(OCCC4CCCCN4C)c(C)cc23)cc1Cl. The quantitative estimate of drug-likeness (QED) is 0.534. The molecule has 1 unspecified atom stereocenters. The lowest BCUT2D eigenvalue weighted by Gasteiger charge is -2.32. The maximum Gasteiger partial charge on any atom is 0.141 e. The van der Waals surface area contributed by atoms with E-state index in [0.717, 1.165) is 57.3 Å². The Morgan fingerprint density at radius 1 is 1.13 bits per heavy atom. The van der Waals surface area contributed by atoms with Crippen molar-refractivity contribution in [3.05, 3.63) is 52.8 Å². The molecule has 2 aromatic carbocycles. The Labute approximate surface area is 183 Å². The van der Waals surface area contributed by atoms with Crippen LogP contribution < -0.4 is 10.1 Å². The third-order valence-electron chi connectivity index (χ3n) is 6.00. The number of nitrogens with zero attached hydrogens (tertiary/aromatic N) is 3. The van der Waals surface area contributed by atoms with Gasteiger partial charge in [0, 0.05) is 28.2 Å². The minimum Gasteiger partial charge on any atom is -0.493 e. The molecule has 0 aliphatic carbocycles. The van der Waals surface area contributed by atoms with Crippen molar-refractivity contribution in [3.8, 4) is 5.75 Å². The number of benzene rings is 2. The van der Waals surface area contributed by atoms with Crippen molar-refractivity contribution in [2.45, 2.75) is 45.6 Å². The molecule has 0 saturated carbocycles. The Morgan fingerprint density at radius 3 is 2.80 bits per heavy atom. The molecule has 30 heavy (non-hydrogen) atoms. The van der Waals surface area contributed by atoms with Gasteiger partial charge >= 0.3 is 0 Å². The van der Waals surface area contributed by atoms with E-state index in [-0.39, 0.29) is 0 Å². The van der Waals surface area contributed by atoms with Gasteiger partial charge in [0.2, 0.25) is 0 Å². The molecule has 158 valence electrons. The fourth-order valence-electron chi connectivity index (χ4n) is 4.07. The minimum atomic E-state index is 0.624. The number of aromatic nitrogens is 2. The number of aryl methyl sites for hydroxylation is 2. The number of ether oxygens (including phenoxy) is 1. The summed E-state index contributed by atoms with van der Waals surface area (Å²) in [5.41, 5.74) is 3.90. The molecule has 1 atom stereocenters. The summed E-state index contributed by atoms with van der Waals surface area (Å²) in [4.78, 5) is 11.4. The van der Waals surface area contributed by atoms with Gasteiger partial charge < -0.3 is 15.0 Å². The zero-order valence-corrected chi connectivity index (χ0v) is 18.7. The zero-order valence-electron chi connectivity index (χ0n) is 17.9. The Hall–Kier alpha value is -2.37. The van der Waals surface area contributed by atoms with E-state index in [2.05, 4.69) is 40.2 Å². The highest BCUT2D eigenvalue weighted by atomic mass is 35.5. The first-order valence-electron chi connectivity index (χ1n) is 10.6. The number of hydrogen-bond donors (Lipinski definition) is 1. The van der Waals surface area contributed by atoms with Gasteiger partial charge in [0.05, 0.1) is 12.1 Å². The van der Waals surface area contributed by atoms with Gasteiger partial charge in [-0.05, 0) is 76.0 Å². The molecule has 4 rings (SSSR count). The van der Waals surface area contributed by atoms with Crippen LogP contribution in [-0.4, -0.2) is 41.1 Å². The van der Waals surface area contributed by atoms with Crippen LogP contribution in [0.4, 0.5) is 11.5 Å². The largest absolute Gasteiger partial charge is 0.493 e. The number of hydrogen-bond acceptors (Lipinski definition) is 5. The van der Waals surface area contributed by atoms with Crippen molar-refractivity contribution in [1.29, 1.82) is 0 Å². The molecule has 0 amide bonds. The standard InChI is InChI=1S/C24H29ClN4O/c1-16-7-8-18(13-21(16)25)28-24-20-12-17(2)23(14-22(20)26-15-27-24)30-11-9-19-6-4-5-10-29(19)3/h7-8,12-15,19H,4-6,9-11H2,1-3H3,(H,26,27,28).